The monoisotopic (exact) mass is 379 g/mol. The van der Waals surface area contributed by atoms with Crippen molar-refractivity contribution in [2.45, 2.75) is 5.92 Å². The van der Waals surface area contributed by atoms with Crippen molar-refractivity contribution in [3.8, 4) is 0 Å². The van der Waals surface area contributed by atoms with Gasteiger partial charge in [0.1, 0.15) is 6.33 Å². The molecule has 0 radical (unpaired) electrons. The van der Waals surface area contributed by atoms with E-state index >= 15 is 0 Å². The van der Waals surface area contributed by atoms with Gasteiger partial charge in [-0.15, -0.1) is 0 Å². The van der Waals surface area contributed by atoms with Gasteiger partial charge in [0, 0.05) is 0 Å². The molecule has 5 N–H and O–H groups in total. The molecule has 1 aromatic heterocycles. The van der Waals surface area contributed by atoms with E-state index in [1.54, 1.807) is 0 Å². The number of benzene rings is 2. The summed E-state index contributed by atoms with van der Waals surface area (Å²) in [4.78, 5) is 31.0. The number of hydrogen-bond acceptors (Lipinski definition) is 8. The van der Waals surface area contributed by atoms with Gasteiger partial charge in [0.05, 0.1) is 10.8 Å². The van der Waals surface area contributed by atoms with Crippen LogP contribution in [0, 0.1) is 10.1 Å². The van der Waals surface area contributed by atoms with Gasteiger partial charge < -0.3 is 5.43 Å². The number of anilines is 2. The predicted molar refractivity (Wildman–Crippen MR) is 103 cm³/mol. The maximum absolute atomic E-state index is 12.9. The van der Waals surface area contributed by atoms with Crippen LogP contribution in [0.15, 0.2) is 67.0 Å². The first-order chi connectivity index (χ1) is 13.6. The quantitative estimate of drug-likeness (QED) is 0.276. The van der Waals surface area contributed by atoms with Crippen LogP contribution < -0.4 is 22.1 Å². The second-order valence-electron chi connectivity index (χ2n) is 5.69. The van der Waals surface area contributed by atoms with Crippen molar-refractivity contribution in [3.63, 3.8) is 0 Å². The summed E-state index contributed by atoms with van der Waals surface area (Å²) in [6, 6.07) is 18.4. The van der Waals surface area contributed by atoms with Crippen molar-refractivity contribution >= 4 is 23.2 Å². The number of nitrogens with zero attached hydrogens (tertiary/aromatic N) is 3. The van der Waals surface area contributed by atoms with Gasteiger partial charge in [0.25, 0.3) is 0 Å². The van der Waals surface area contributed by atoms with Gasteiger partial charge in [0.2, 0.25) is 17.5 Å². The molecule has 1 heterocycles. The molecule has 3 rings (SSSR count). The normalized spacial score (nSPS) is 10.4. The highest BCUT2D eigenvalue weighted by atomic mass is 16.6. The van der Waals surface area contributed by atoms with Gasteiger partial charge in [-0.1, -0.05) is 60.7 Å². The Kier molecular flexibility index (Phi) is 5.72. The third-order valence-corrected chi connectivity index (χ3v) is 3.97. The minimum atomic E-state index is -0.699. The Morgan fingerprint density at radius 3 is 2.00 bits per heavy atom. The number of hydrazine groups is 2. The van der Waals surface area contributed by atoms with Crippen LogP contribution in [0.3, 0.4) is 0 Å². The molecule has 0 saturated heterocycles. The third kappa shape index (κ3) is 4.02. The summed E-state index contributed by atoms with van der Waals surface area (Å²) >= 11 is 0. The molecule has 2 aromatic carbocycles. The van der Waals surface area contributed by atoms with Gasteiger partial charge in [-0.25, -0.2) is 15.8 Å². The van der Waals surface area contributed by atoms with E-state index in [1.165, 1.54) is 0 Å². The van der Waals surface area contributed by atoms with Crippen molar-refractivity contribution in [2.24, 2.45) is 5.84 Å². The molecule has 142 valence electrons. The maximum Gasteiger partial charge on any atom is 0.356 e. The molecule has 0 fully saturated rings. The lowest BCUT2D eigenvalue weighted by molar-refractivity contribution is -0.383. The zero-order chi connectivity index (χ0) is 19.9. The fraction of sp³-hybridized carbons (Fsp3) is 0.0556. The van der Waals surface area contributed by atoms with Gasteiger partial charge >= 0.3 is 5.69 Å². The smallest absolute Gasteiger partial charge is 0.303 e. The summed E-state index contributed by atoms with van der Waals surface area (Å²) in [6.45, 7) is 0. The Morgan fingerprint density at radius 1 is 0.964 bits per heavy atom. The van der Waals surface area contributed by atoms with Crippen LogP contribution in [0.1, 0.15) is 17.0 Å². The number of hydrogen-bond donors (Lipinski definition) is 4. The molecular weight excluding hydrogens is 362 g/mol. The van der Waals surface area contributed by atoms with Crippen molar-refractivity contribution in [1.29, 1.82) is 0 Å². The minimum absolute atomic E-state index is 0.181. The van der Waals surface area contributed by atoms with Crippen LogP contribution >= 0.6 is 0 Å². The Labute approximate surface area is 159 Å². The topological polar surface area (TPSA) is 148 Å². The van der Waals surface area contributed by atoms with Gasteiger partial charge in [-0.2, -0.15) is 0 Å². The molecule has 0 saturated carbocycles. The Hall–Kier alpha value is -4.05. The first kappa shape index (κ1) is 18.7. The predicted octanol–water partition coefficient (Wildman–Crippen LogP) is 1.95. The number of carbonyl (C=O) groups excluding carboxylic acids is 1. The van der Waals surface area contributed by atoms with Crippen LogP contribution in [-0.4, -0.2) is 20.8 Å². The molecule has 0 aliphatic heterocycles. The number of nitrogens with one attached hydrogen (secondary N) is 3. The molecule has 3 aromatic rings. The van der Waals surface area contributed by atoms with Crippen molar-refractivity contribution in [1.82, 2.24) is 15.4 Å². The standard InChI is InChI=1S/C18H17N7O3/c19-22-16-15(25(27)28)17(21-11-20-16)23-24-18(26)14(12-7-3-1-4-8-12)13-9-5-2-6-10-13/h1-11,14H,19H2,(H,24,26)(H2,20,21,22,23). The Bertz CT molecular complexity index is 928. The summed E-state index contributed by atoms with van der Waals surface area (Å²) < 4.78 is 0. The SMILES string of the molecule is NNc1ncnc(NNC(=O)C(c2ccccc2)c2ccccc2)c1[N+](=O)[O-]. The average molecular weight is 379 g/mol. The van der Waals surface area contributed by atoms with Crippen molar-refractivity contribution in [2.75, 3.05) is 10.9 Å². The number of nitro groups is 1. The first-order valence-corrected chi connectivity index (χ1v) is 8.23. The molecule has 0 atom stereocenters. The number of aromatic nitrogens is 2. The van der Waals surface area contributed by atoms with E-state index in [0.717, 1.165) is 17.5 Å². The highest BCUT2D eigenvalue weighted by Gasteiger charge is 2.26. The molecule has 0 aliphatic rings. The third-order valence-electron chi connectivity index (χ3n) is 3.97. The fourth-order valence-corrected chi connectivity index (χ4v) is 2.73. The molecule has 0 aliphatic carbocycles. The number of rotatable bonds is 7. The van der Waals surface area contributed by atoms with E-state index in [1.807, 2.05) is 60.7 Å². The molecule has 10 nitrogen and oxygen atoms in total. The van der Waals surface area contributed by atoms with Crippen LogP contribution in [-0.2, 0) is 4.79 Å². The number of carbonyl (C=O) groups is 1. The average Bonchev–Trinajstić information content (AvgIpc) is 2.73. The summed E-state index contributed by atoms with van der Waals surface area (Å²) in [5, 5.41) is 11.3. The largest absolute Gasteiger partial charge is 0.356 e. The van der Waals surface area contributed by atoms with E-state index < -0.39 is 22.4 Å². The Morgan fingerprint density at radius 2 is 1.50 bits per heavy atom. The molecule has 10 heteroatoms. The van der Waals surface area contributed by atoms with E-state index in [2.05, 4.69) is 26.2 Å². The van der Waals surface area contributed by atoms with Gasteiger partial charge in [-0.05, 0) is 11.1 Å². The van der Waals surface area contributed by atoms with Gasteiger partial charge in [-0.3, -0.25) is 25.8 Å². The second-order valence-corrected chi connectivity index (χ2v) is 5.69. The summed E-state index contributed by atoms with van der Waals surface area (Å²) in [5.74, 6) is 3.85. The molecule has 0 bridgehead atoms. The fourth-order valence-electron chi connectivity index (χ4n) is 2.73. The minimum Gasteiger partial charge on any atom is -0.303 e. The summed E-state index contributed by atoms with van der Waals surface area (Å²) in [5.41, 5.74) is 8.19. The molecule has 28 heavy (non-hydrogen) atoms. The zero-order valence-electron chi connectivity index (χ0n) is 14.6. The number of nitrogens with two attached hydrogens (primary N) is 1. The molecular formula is C18H17N7O3. The maximum atomic E-state index is 12.9. The highest BCUT2D eigenvalue weighted by molar-refractivity contribution is 5.88. The molecule has 1 amide bonds. The van der Waals surface area contributed by atoms with Crippen LogP contribution in [0.5, 0.6) is 0 Å². The van der Waals surface area contributed by atoms with E-state index in [4.69, 9.17) is 5.84 Å². The van der Waals surface area contributed by atoms with E-state index in [0.29, 0.717) is 0 Å². The zero-order valence-corrected chi connectivity index (χ0v) is 14.6. The van der Waals surface area contributed by atoms with Crippen molar-refractivity contribution in [3.05, 3.63) is 88.2 Å². The number of nitrogen functional groups attached to an aromatic ring is 1. The summed E-state index contributed by atoms with van der Waals surface area (Å²) in [6.07, 6.45) is 1.09. The molecule has 0 spiro atoms. The van der Waals surface area contributed by atoms with E-state index in [-0.39, 0.29) is 11.6 Å². The second kappa shape index (κ2) is 8.56. The molecule has 0 unspecified atom stereocenters. The summed E-state index contributed by atoms with van der Waals surface area (Å²) in [7, 11) is 0. The van der Waals surface area contributed by atoms with E-state index in [9.17, 15) is 14.9 Å². The lowest BCUT2D eigenvalue weighted by Gasteiger charge is -2.18. The highest BCUT2D eigenvalue weighted by Crippen LogP contribution is 2.28. The van der Waals surface area contributed by atoms with Crippen LogP contribution in [0.25, 0.3) is 0 Å². The first-order valence-electron chi connectivity index (χ1n) is 8.23. The Balaban J connectivity index is 1.87. The number of amides is 1. The van der Waals surface area contributed by atoms with Gasteiger partial charge in [0.15, 0.2) is 0 Å². The lowest BCUT2D eigenvalue weighted by Crippen LogP contribution is -2.35. The van der Waals surface area contributed by atoms with Crippen LogP contribution in [0.4, 0.5) is 17.3 Å². The van der Waals surface area contributed by atoms with Crippen LogP contribution in [0.2, 0.25) is 0 Å². The van der Waals surface area contributed by atoms with Crippen molar-refractivity contribution < 1.29 is 9.72 Å². The lowest BCUT2D eigenvalue weighted by atomic mass is 9.91.